The topological polar surface area (TPSA) is 73.6 Å². The van der Waals surface area contributed by atoms with Gasteiger partial charge in [0.25, 0.3) is 0 Å². The molecule has 3 N–H and O–H groups in total. The molecule has 0 fully saturated rings. The number of rotatable bonds is 7. The number of hydrogen-bond acceptors (Lipinski definition) is 4. The van der Waals surface area contributed by atoms with Crippen LogP contribution in [0.5, 0.6) is 0 Å². The monoisotopic (exact) mass is 280 g/mol. The summed E-state index contributed by atoms with van der Waals surface area (Å²) in [5, 5.41) is 2.90. The van der Waals surface area contributed by atoms with Gasteiger partial charge < -0.3 is 20.5 Å². The van der Waals surface area contributed by atoms with E-state index in [0.717, 1.165) is 5.56 Å². The van der Waals surface area contributed by atoms with Crippen molar-refractivity contribution in [1.82, 2.24) is 5.32 Å². The molecule has 1 atom stereocenters. The first-order valence-electron chi connectivity index (χ1n) is 6.58. The Kier molecular flexibility index (Phi) is 5.98. The lowest BCUT2D eigenvalue weighted by Crippen LogP contribution is -2.44. The third-order valence-electron chi connectivity index (χ3n) is 3.38. The third kappa shape index (κ3) is 4.21. The first-order valence-corrected chi connectivity index (χ1v) is 6.58. The SMILES string of the molecule is COCC(CNC(=O)C(C)(C)c1ccc(N)cc1)OC. The van der Waals surface area contributed by atoms with Crippen LogP contribution in [0, 0.1) is 0 Å². The molecule has 0 saturated heterocycles. The summed E-state index contributed by atoms with van der Waals surface area (Å²) in [4.78, 5) is 12.3. The van der Waals surface area contributed by atoms with Crippen LogP contribution in [0.15, 0.2) is 24.3 Å². The highest BCUT2D eigenvalue weighted by Gasteiger charge is 2.29. The Hall–Kier alpha value is -1.59. The molecular formula is C15H24N2O3. The quantitative estimate of drug-likeness (QED) is 0.739. The molecule has 1 aromatic rings. The zero-order valence-electron chi connectivity index (χ0n) is 12.6. The lowest BCUT2D eigenvalue weighted by molar-refractivity contribution is -0.126. The summed E-state index contributed by atoms with van der Waals surface area (Å²) in [7, 11) is 3.20. The first-order chi connectivity index (χ1) is 9.41. The highest BCUT2D eigenvalue weighted by molar-refractivity contribution is 5.87. The minimum atomic E-state index is -0.626. The van der Waals surface area contributed by atoms with Gasteiger partial charge in [-0.05, 0) is 31.5 Å². The van der Waals surface area contributed by atoms with Crippen LogP contribution in [-0.4, -0.2) is 39.4 Å². The zero-order valence-corrected chi connectivity index (χ0v) is 12.6. The number of amides is 1. The molecule has 5 heteroatoms. The van der Waals surface area contributed by atoms with Crippen LogP contribution in [0.4, 0.5) is 5.69 Å². The molecule has 0 aliphatic rings. The van der Waals surface area contributed by atoms with Crippen LogP contribution in [0.1, 0.15) is 19.4 Å². The summed E-state index contributed by atoms with van der Waals surface area (Å²) in [6.45, 7) is 4.62. The van der Waals surface area contributed by atoms with Crippen molar-refractivity contribution in [2.75, 3.05) is 33.1 Å². The summed E-state index contributed by atoms with van der Waals surface area (Å²) < 4.78 is 10.2. The lowest BCUT2D eigenvalue weighted by atomic mass is 9.83. The summed E-state index contributed by atoms with van der Waals surface area (Å²) in [6, 6.07) is 7.34. The smallest absolute Gasteiger partial charge is 0.230 e. The number of carbonyl (C=O) groups excluding carboxylic acids is 1. The van der Waals surface area contributed by atoms with Crippen LogP contribution in [0.2, 0.25) is 0 Å². The molecule has 5 nitrogen and oxygen atoms in total. The Morgan fingerprint density at radius 1 is 1.30 bits per heavy atom. The minimum absolute atomic E-state index is 0.0552. The fourth-order valence-electron chi connectivity index (χ4n) is 1.85. The molecule has 1 amide bonds. The Labute approximate surface area is 120 Å². The van der Waals surface area contributed by atoms with Crippen molar-refractivity contribution in [1.29, 1.82) is 0 Å². The van der Waals surface area contributed by atoms with E-state index in [1.165, 1.54) is 0 Å². The van der Waals surface area contributed by atoms with Crippen LogP contribution >= 0.6 is 0 Å². The second-order valence-electron chi connectivity index (χ2n) is 5.27. The summed E-state index contributed by atoms with van der Waals surface area (Å²) in [6.07, 6.45) is -0.147. The van der Waals surface area contributed by atoms with Gasteiger partial charge in [-0.15, -0.1) is 0 Å². The van der Waals surface area contributed by atoms with Crippen molar-refractivity contribution in [3.05, 3.63) is 29.8 Å². The number of nitrogens with one attached hydrogen (secondary N) is 1. The maximum Gasteiger partial charge on any atom is 0.230 e. The molecule has 1 rings (SSSR count). The minimum Gasteiger partial charge on any atom is -0.399 e. The molecule has 0 heterocycles. The second kappa shape index (κ2) is 7.26. The van der Waals surface area contributed by atoms with Gasteiger partial charge in [-0.1, -0.05) is 12.1 Å². The van der Waals surface area contributed by atoms with Gasteiger partial charge in [0.2, 0.25) is 5.91 Å². The molecule has 0 saturated carbocycles. The maximum atomic E-state index is 12.3. The van der Waals surface area contributed by atoms with E-state index in [4.69, 9.17) is 15.2 Å². The van der Waals surface area contributed by atoms with Crippen LogP contribution in [-0.2, 0) is 19.7 Å². The lowest BCUT2D eigenvalue weighted by Gasteiger charge is -2.25. The molecule has 0 spiro atoms. The van der Waals surface area contributed by atoms with E-state index < -0.39 is 5.41 Å². The van der Waals surface area contributed by atoms with Crippen molar-refractivity contribution >= 4 is 11.6 Å². The predicted octanol–water partition coefficient (Wildman–Crippen LogP) is 1.32. The normalized spacial score (nSPS) is 13.0. The fraction of sp³-hybridized carbons (Fsp3) is 0.533. The van der Waals surface area contributed by atoms with E-state index in [0.29, 0.717) is 18.8 Å². The van der Waals surface area contributed by atoms with Crippen molar-refractivity contribution in [2.45, 2.75) is 25.4 Å². The van der Waals surface area contributed by atoms with E-state index in [-0.39, 0.29) is 12.0 Å². The fourth-order valence-corrected chi connectivity index (χ4v) is 1.85. The number of methoxy groups -OCH3 is 2. The van der Waals surface area contributed by atoms with E-state index in [1.807, 2.05) is 26.0 Å². The Bertz CT molecular complexity index is 429. The number of nitrogen functional groups attached to an aromatic ring is 1. The highest BCUT2D eigenvalue weighted by atomic mass is 16.5. The molecule has 0 aromatic heterocycles. The van der Waals surface area contributed by atoms with Gasteiger partial charge in [0.1, 0.15) is 0 Å². The number of hydrogen-bond donors (Lipinski definition) is 2. The van der Waals surface area contributed by atoms with Gasteiger partial charge >= 0.3 is 0 Å². The molecular weight excluding hydrogens is 256 g/mol. The van der Waals surface area contributed by atoms with Crippen LogP contribution in [0.3, 0.4) is 0 Å². The molecule has 0 aliphatic carbocycles. The maximum absolute atomic E-state index is 12.3. The summed E-state index contributed by atoms with van der Waals surface area (Å²) in [5.41, 5.74) is 6.64. The summed E-state index contributed by atoms with van der Waals surface area (Å²) in [5.74, 6) is -0.0552. The van der Waals surface area contributed by atoms with Crippen LogP contribution in [0.25, 0.3) is 0 Å². The van der Waals surface area contributed by atoms with Crippen molar-refractivity contribution in [3.8, 4) is 0 Å². The molecule has 0 radical (unpaired) electrons. The van der Waals surface area contributed by atoms with Gasteiger partial charge in [0.15, 0.2) is 0 Å². The van der Waals surface area contributed by atoms with E-state index in [1.54, 1.807) is 26.4 Å². The van der Waals surface area contributed by atoms with Crippen molar-refractivity contribution in [3.63, 3.8) is 0 Å². The number of benzene rings is 1. The molecule has 20 heavy (non-hydrogen) atoms. The Balaban J connectivity index is 2.67. The highest BCUT2D eigenvalue weighted by Crippen LogP contribution is 2.24. The van der Waals surface area contributed by atoms with Gasteiger partial charge in [-0.25, -0.2) is 0 Å². The van der Waals surface area contributed by atoms with Gasteiger partial charge in [0, 0.05) is 26.5 Å². The number of nitrogens with two attached hydrogens (primary N) is 1. The first kappa shape index (κ1) is 16.5. The zero-order chi connectivity index (χ0) is 15.2. The number of carbonyl (C=O) groups is 1. The average molecular weight is 280 g/mol. The van der Waals surface area contributed by atoms with Gasteiger partial charge in [-0.3, -0.25) is 4.79 Å². The van der Waals surface area contributed by atoms with Gasteiger partial charge in [0.05, 0.1) is 18.1 Å². The standard InChI is InChI=1S/C15H24N2O3/c1-15(2,11-5-7-12(16)8-6-11)14(18)17-9-13(20-4)10-19-3/h5-8,13H,9-10,16H2,1-4H3,(H,17,18). The molecule has 1 aromatic carbocycles. The van der Waals surface area contributed by atoms with Crippen LogP contribution < -0.4 is 11.1 Å². The Morgan fingerprint density at radius 2 is 1.90 bits per heavy atom. The Morgan fingerprint density at radius 3 is 2.40 bits per heavy atom. The number of ether oxygens (including phenoxy) is 2. The molecule has 0 aliphatic heterocycles. The molecule has 1 unspecified atom stereocenters. The summed E-state index contributed by atoms with van der Waals surface area (Å²) >= 11 is 0. The van der Waals surface area contributed by atoms with Crippen molar-refractivity contribution < 1.29 is 14.3 Å². The largest absolute Gasteiger partial charge is 0.399 e. The van der Waals surface area contributed by atoms with E-state index in [9.17, 15) is 4.79 Å². The van der Waals surface area contributed by atoms with E-state index in [2.05, 4.69) is 5.32 Å². The molecule has 0 bridgehead atoms. The van der Waals surface area contributed by atoms with Crippen molar-refractivity contribution in [2.24, 2.45) is 0 Å². The van der Waals surface area contributed by atoms with E-state index >= 15 is 0 Å². The average Bonchev–Trinajstić information content (AvgIpc) is 2.43. The second-order valence-corrected chi connectivity index (χ2v) is 5.27. The third-order valence-corrected chi connectivity index (χ3v) is 3.38. The van der Waals surface area contributed by atoms with Gasteiger partial charge in [-0.2, -0.15) is 0 Å². The predicted molar refractivity (Wildman–Crippen MR) is 79.6 cm³/mol. The number of anilines is 1. The molecule has 112 valence electrons.